The summed E-state index contributed by atoms with van der Waals surface area (Å²) in [4.78, 5) is 12.1. The number of aryl methyl sites for hydroxylation is 1. The Morgan fingerprint density at radius 1 is 1.20 bits per heavy atom. The van der Waals surface area contributed by atoms with Crippen LogP contribution in [0.25, 0.3) is 0 Å². The van der Waals surface area contributed by atoms with Crippen LogP contribution in [0.4, 0.5) is 5.69 Å². The van der Waals surface area contributed by atoms with Gasteiger partial charge < -0.3 is 10.1 Å². The van der Waals surface area contributed by atoms with E-state index in [-0.39, 0.29) is 5.91 Å². The van der Waals surface area contributed by atoms with Gasteiger partial charge in [-0.05, 0) is 43.7 Å². The van der Waals surface area contributed by atoms with Crippen LogP contribution in [-0.2, 0) is 4.79 Å². The minimum absolute atomic E-state index is 0.212. The molecule has 0 heterocycles. The van der Waals surface area contributed by atoms with Gasteiger partial charge in [0.05, 0.1) is 0 Å². The van der Waals surface area contributed by atoms with Gasteiger partial charge in [-0.15, -0.1) is 0 Å². The summed E-state index contributed by atoms with van der Waals surface area (Å²) >= 11 is 5.88. The van der Waals surface area contributed by atoms with E-state index in [1.54, 1.807) is 31.2 Å². The summed E-state index contributed by atoms with van der Waals surface area (Å²) in [6, 6.07) is 14.6. The van der Waals surface area contributed by atoms with Crippen molar-refractivity contribution in [3.8, 4) is 5.75 Å². The Hall–Kier alpha value is -2.00. The zero-order chi connectivity index (χ0) is 14.5. The van der Waals surface area contributed by atoms with Crippen molar-refractivity contribution in [1.82, 2.24) is 0 Å². The highest BCUT2D eigenvalue weighted by Gasteiger charge is 2.15. The van der Waals surface area contributed by atoms with Crippen molar-refractivity contribution in [2.24, 2.45) is 0 Å². The fraction of sp³-hybridized carbons (Fsp3) is 0.188. The van der Waals surface area contributed by atoms with Gasteiger partial charge >= 0.3 is 0 Å². The number of halogens is 1. The van der Waals surface area contributed by atoms with E-state index in [1.807, 2.05) is 31.2 Å². The van der Waals surface area contributed by atoms with Crippen molar-refractivity contribution in [3.05, 3.63) is 59.1 Å². The number of ether oxygens (including phenoxy) is 1. The van der Waals surface area contributed by atoms with Crippen LogP contribution < -0.4 is 10.1 Å². The molecule has 0 saturated heterocycles. The normalized spacial score (nSPS) is 11.8. The van der Waals surface area contributed by atoms with Crippen LogP contribution >= 0.6 is 11.6 Å². The van der Waals surface area contributed by atoms with Gasteiger partial charge in [0.15, 0.2) is 6.10 Å². The van der Waals surface area contributed by atoms with Gasteiger partial charge in [-0.25, -0.2) is 0 Å². The molecule has 2 aromatic carbocycles. The Morgan fingerprint density at radius 3 is 2.65 bits per heavy atom. The highest BCUT2D eigenvalue weighted by molar-refractivity contribution is 6.30. The molecule has 0 aliphatic carbocycles. The first kappa shape index (κ1) is 14.4. The molecule has 0 aromatic heterocycles. The fourth-order valence-corrected chi connectivity index (χ4v) is 1.93. The third-order valence-corrected chi connectivity index (χ3v) is 3.09. The largest absolute Gasteiger partial charge is 0.481 e. The minimum Gasteiger partial charge on any atom is -0.481 e. The van der Waals surface area contributed by atoms with Crippen LogP contribution in [0, 0.1) is 6.92 Å². The van der Waals surface area contributed by atoms with Crippen LogP contribution in [0.15, 0.2) is 48.5 Å². The SMILES string of the molecule is Cc1ccccc1O[C@H](C)C(=O)Nc1cccc(Cl)c1. The lowest BCUT2D eigenvalue weighted by Gasteiger charge is -2.16. The Balaban J connectivity index is 2.01. The van der Waals surface area contributed by atoms with Crippen molar-refractivity contribution in [3.63, 3.8) is 0 Å². The van der Waals surface area contributed by atoms with Crippen LogP contribution in [0.2, 0.25) is 5.02 Å². The Morgan fingerprint density at radius 2 is 1.95 bits per heavy atom. The predicted molar refractivity (Wildman–Crippen MR) is 81.4 cm³/mol. The van der Waals surface area contributed by atoms with Gasteiger partial charge in [0.2, 0.25) is 0 Å². The number of rotatable bonds is 4. The minimum atomic E-state index is -0.588. The molecule has 1 N–H and O–H groups in total. The lowest BCUT2D eigenvalue weighted by Crippen LogP contribution is -2.30. The monoisotopic (exact) mass is 289 g/mol. The van der Waals surface area contributed by atoms with E-state index in [9.17, 15) is 4.79 Å². The fourth-order valence-electron chi connectivity index (χ4n) is 1.74. The van der Waals surface area contributed by atoms with Crippen molar-refractivity contribution in [2.45, 2.75) is 20.0 Å². The van der Waals surface area contributed by atoms with Crippen LogP contribution in [0.1, 0.15) is 12.5 Å². The quantitative estimate of drug-likeness (QED) is 0.922. The van der Waals surface area contributed by atoms with Gasteiger partial charge in [0.1, 0.15) is 5.75 Å². The summed E-state index contributed by atoms with van der Waals surface area (Å²) in [6.07, 6.45) is -0.588. The average Bonchev–Trinajstić information content (AvgIpc) is 2.41. The molecule has 0 saturated carbocycles. The second-order valence-corrected chi connectivity index (χ2v) is 4.96. The maximum atomic E-state index is 12.1. The summed E-state index contributed by atoms with van der Waals surface area (Å²) in [5.41, 5.74) is 1.65. The van der Waals surface area contributed by atoms with Crippen LogP contribution in [0.5, 0.6) is 5.75 Å². The number of anilines is 1. The van der Waals surface area contributed by atoms with Crippen molar-refractivity contribution in [2.75, 3.05) is 5.32 Å². The lowest BCUT2D eigenvalue weighted by atomic mass is 10.2. The smallest absolute Gasteiger partial charge is 0.265 e. The number of amides is 1. The molecular formula is C16H16ClNO2. The third kappa shape index (κ3) is 3.75. The third-order valence-electron chi connectivity index (χ3n) is 2.86. The summed E-state index contributed by atoms with van der Waals surface area (Å²) in [5, 5.41) is 3.35. The van der Waals surface area contributed by atoms with E-state index >= 15 is 0 Å². The topological polar surface area (TPSA) is 38.3 Å². The maximum Gasteiger partial charge on any atom is 0.265 e. The Kier molecular flexibility index (Phi) is 4.64. The second-order valence-electron chi connectivity index (χ2n) is 4.53. The number of carbonyl (C=O) groups excluding carboxylic acids is 1. The predicted octanol–water partition coefficient (Wildman–Crippen LogP) is 4.05. The molecule has 2 rings (SSSR count). The molecule has 0 aliphatic heterocycles. The van der Waals surface area contributed by atoms with Gasteiger partial charge in [0.25, 0.3) is 5.91 Å². The molecule has 4 heteroatoms. The van der Waals surface area contributed by atoms with Gasteiger partial charge in [0, 0.05) is 10.7 Å². The van der Waals surface area contributed by atoms with Gasteiger partial charge in [-0.3, -0.25) is 4.79 Å². The van der Waals surface area contributed by atoms with Crippen LogP contribution in [-0.4, -0.2) is 12.0 Å². The number of benzene rings is 2. The summed E-state index contributed by atoms with van der Waals surface area (Å²) in [7, 11) is 0. The van der Waals surface area contributed by atoms with E-state index in [4.69, 9.17) is 16.3 Å². The number of hydrogen-bond donors (Lipinski definition) is 1. The van der Waals surface area contributed by atoms with Gasteiger partial charge in [-0.1, -0.05) is 35.9 Å². The molecule has 1 atom stereocenters. The highest BCUT2D eigenvalue weighted by Crippen LogP contribution is 2.19. The molecule has 0 radical (unpaired) electrons. The maximum absolute atomic E-state index is 12.1. The van der Waals surface area contributed by atoms with Crippen molar-refractivity contribution >= 4 is 23.2 Å². The number of hydrogen-bond acceptors (Lipinski definition) is 2. The molecular weight excluding hydrogens is 274 g/mol. The Bertz CT molecular complexity index is 613. The molecule has 0 spiro atoms. The van der Waals surface area contributed by atoms with E-state index in [1.165, 1.54) is 0 Å². The summed E-state index contributed by atoms with van der Waals surface area (Å²) in [5.74, 6) is 0.497. The summed E-state index contributed by atoms with van der Waals surface area (Å²) < 4.78 is 5.66. The molecule has 20 heavy (non-hydrogen) atoms. The molecule has 0 bridgehead atoms. The first-order valence-electron chi connectivity index (χ1n) is 6.35. The van der Waals surface area contributed by atoms with E-state index < -0.39 is 6.10 Å². The number of carbonyl (C=O) groups is 1. The standard InChI is InChI=1S/C16H16ClNO2/c1-11-6-3-4-9-15(11)20-12(2)16(19)18-14-8-5-7-13(17)10-14/h3-10,12H,1-2H3,(H,18,19)/t12-/m1/s1. The van der Waals surface area contributed by atoms with Crippen molar-refractivity contribution in [1.29, 1.82) is 0 Å². The van der Waals surface area contributed by atoms with E-state index in [0.717, 1.165) is 5.56 Å². The molecule has 0 aliphatic rings. The average molecular weight is 290 g/mol. The number of para-hydroxylation sites is 1. The molecule has 3 nitrogen and oxygen atoms in total. The first-order chi connectivity index (χ1) is 9.56. The molecule has 104 valence electrons. The first-order valence-corrected chi connectivity index (χ1v) is 6.73. The zero-order valence-corrected chi connectivity index (χ0v) is 12.1. The Labute approximate surface area is 123 Å². The summed E-state index contributed by atoms with van der Waals surface area (Å²) in [6.45, 7) is 3.66. The number of nitrogens with one attached hydrogen (secondary N) is 1. The van der Waals surface area contributed by atoms with E-state index in [0.29, 0.717) is 16.5 Å². The molecule has 0 unspecified atom stereocenters. The molecule has 0 fully saturated rings. The molecule has 2 aromatic rings. The molecule has 1 amide bonds. The van der Waals surface area contributed by atoms with Crippen LogP contribution in [0.3, 0.4) is 0 Å². The van der Waals surface area contributed by atoms with E-state index in [2.05, 4.69) is 5.32 Å². The van der Waals surface area contributed by atoms with Crippen molar-refractivity contribution < 1.29 is 9.53 Å². The lowest BCUT2D eigenvalue weighted by molar-refractivity contribution is -0.122. The zero-order valence-electron chi connectivity index (χ0n) is 11.4. The van der Waals surface area contributed by atoms with Gasteiger partial charge in [-0.2, -0.15) is 0 Å². The highest BCUT2D eigenvalue weighted by atomic mass is 35.5. The second kappa shape index (κ2) is 6.44.